The van der Waals surface area contributed by atoms with Gasteiger partial charge in [-0.1, -0.05) is 30.3 Å². The van der Waals surface area contributed by atoms with Crippen LogP contribution in [0.25, 0.3) is 0 Å². The maximum absolute atomic E-state index is 11.4. The van der Waals surface area contributed by atoms with Gasteiger partial charge in [0.15, 0.2) is 0 Å². The molecule has 1 aliphatic heterocycles. The highest BCUT2D eigenvalue weighted by atomic mass is 35.5. The van der Waals surface area contributed by atoms with Crippen LogP contribution in [0.2, 0.25) is 0 Å². The number of hydrogen-bond donors (Lipinski definition) is 2. The first-order chi connectivity index (χ1) is 11.7. The Bertz CT molecular complexity index is 723. The fourth-order valence-corrected chi connectivity index (χ4v) is 3.24. The lowest BCUT2D eigenvalue weighted by Gasteiger charge is -2.37. The number of rotatable bonds is 5. The summed E-state index contributed by atoms with van der Waals surface area (Å²) in [4.78, 5) is 13.8. The van der Waals surface area contributed by atoms with Gasteiger partial charge >= 0.3 is 0 Å². The van der Waals surface area contributed by atoms with E-state index in [4.69, 9.17) is 10.5 Å². The number of benzene rings is 2. The predicted molar refractivity (Wildman–Crippen MR) is 101 cm³/mol. The summed E-state index contributed by atoms with van der Waals surface area (Å²) < 4.78 is 5.53. The summed E-state index contributed by atoms with van der Waals surface area (Å²) in [6.07, 6.45) is 0. The van der Waals surface area contributed by atoms with Gasteiger partial charge < -0.3 is 15.8 Å². The molecule has 5 nitrogen and oxygen atoms in total. The van der Waals surface area contributed by atoms with Crippen LogP contribution in [-0.2, 0) is 6.54 Å². The molecule has 1 saturated heterocycles. The third-order valence-corrected chi connectivity index (χ3v) is 4.45. The van der Waals surface area contributed by atoms with Crippen molar-refractivity contribution in [1.82, 2.24) is 10.2 Å². The van der Waals surface area contributed by atoms with Crippen LogP contribution in [0, 0.1) is 0 Å². The third-order valence-electron chi connectivity index (χ3n) is 4.45. The summed E-state index contributed by atoms with van der Waals surface area (Å²) in [5.74, 6) is 0.514. The molecule has 1 heterocycles. The number of carbonyl (C=O) groups is 1. The molecule has 0 aromatic heterocycles. The topological polar surface area (TPSA) is 67.6 Å². The average molecular weight is 362 g/mol. The zero-order valence-electron chi connectivity index (χ0n) is 14.3. The van der Waals surface area contributed by atoms with Crippen LogP contribution in [-0.4, -0.2) is 37.6 Å². The van der Waals surface area contributed by atoms with E-state index in [9.17, 15) is 4.79 Å². The van der Waals surface area contributed by atoms with Crippen LogP contribution in [0.5, 0.6) is 5.75 Å². The second kappa shape index (κ2) is 8.85. The van der Waals surface area contributed by atoms with E-state index < -0.39 is 5.91 Å². The van der Waals surface area contributed by atoms with Gasteiger partial charge in [-0.2, -0.15) is 0 Å². The SMILES string of the molecule is COc1ccccc1C1CNCCN1Cc1cccc(C(N)=O)c1.Cl. The fourth-order valence-electron chi connectivity index (χ4n) is 3.24. The van der Waals surface area contributed by atoms with Crippen LogP contribution < -0.4 is 15.8 Å². The molecule has 0 radical (unpaired) electrons. The largest absolute Gasteiger partial charge is 0.496 e. The Morgan fingerprint density at radius 1 is 1.28 bits per heavy atom. The van der Waals surface area contributed by atoms with E-state index in [0.717, 1.165) is 37.5 Å². The number of amides is 1. The summed E-state index contributed by atoms with van der Waals surface area (Å²) in [5, 5.41) is 3.46. The first-order valence-corrected chi connectivity index (χ1v) is 8.15. The van der Waals surface area contributed by atoms with E-state index in [0.29, 0.717) is 5.56 Å². The van der Waals surface area contributed by atoms with Gasteiger partial charge in [0.1, 0.15) is 5.75 Å². The van der Waals surface area contributed by atoms with Crippen LogP contribution in [0.4, 0.5) is 0 Å². The standard InChI is InChI=1S/C19H23N3O2.ClH/c1-24-18-8-3-2-7-16(18)17-12-21-9-10-22(17)13-14-5-4-6-15(11-14)19(20)23;/h2-8,11,17,21H,9-10,12-13H2,1H3,(H2,20,23);1H. The highest BCUT2D eigenvalue weighted by Crippen LogP contribution is 2.31. The summed E-state index contributed by atoms with van der Waals surface area (Å²) >= 11 is 0. The van der Waals surface area contributed by atoms with Gasteiger partial charge in [0.2, 0.25) is 5.91 Å². The molecule has 0 saturated carbocycles. The molecule has 2 aromatic carbocycles. The Labute approximate surface area is 154 Å². The van der Waals surface area contributed by atoms with Crippen molar-refractivity contribution in [2.24, 2.45) is 5.73 Å². The minimum absolute atomic E-state index is 0. The number of nitrogens with one attached hydrogen (secondary N) is 1. The monoisotopic (exact) mass is 361 g/mol. The molecule has 3 rings (SSSR count). The summed E-state index contributed by atoms with van der Waals surface area (Å²) in [6.45, 7) is 3.52. The fraction of sp³-hybridized carbons (Fsp3) is 0.316. The van der Waals surface area contributed by atoms with Crippen molar-refractivity contribution >= 4 is 18.3 Å². The number of hydrogen-bond acceptors (Lipinski definition) is 4. The second-order valence-corrected chi connectivity index (χ2v) is 6.00. The Morgan fingerprint density at radius 3 is 2.84 bits per heavy atom. The summed E-state index contributed by atoms with van der Waals surface area (Å²) in [5.41, 5.74) is 8.22. The first kappa shape index (κ1) is 19.2. The lowest BCUT2D eigenvalue weighted by molar-refractivity contribution is 0.1000. The quantitative estimate of drug-likeness (QED) is 0.858. The number of carbonyl (C=O) groups excluding carboxylic acids is 1. The van der Waals surface area contributed by atoms with Gasteiger partial charge in [-0.3, -0.25) is 9.69 Å². The number of nitrogens with two attached hydrogens (primary N) is 1. The predicted octanol–water partition coefficient (Wildman–Crippen LogP) is 2.36. The zero-order chi connectivity index (χ0) is 16.9. The smallest absolute Gasteiger partial charge is 0.248 e. The zero-order valence-corrected chi connectivity index (χ0v) is 15.1. The highest BCUT2D eigenvalue weighted by molar-refractivity contribution is 5.92. The number of nitrogens with zero attached hydrogens (tertiary/aromatic N) is 1. The Morgan fingerprint density at radius 2 is 2.08 bits per heavy atom. The molecule has 0 bridgehead atoms. The van der Waals surface area contributed by atoms with E-state index in [1.54, 1.807) is 13.2 Å². The minimum atomic E-state index is -0.390. The Hall–Kier alpha value is -2.08. The number of primary amides is 1. The third kappa shape index (κ3) is 4.51. The molecule has 1 fully saturated rings. The van der Waals surface area contributed by atoms with Crippen molar-refractivity contribution in [2.45, 2.75) is 12.6 Å². The molecule has 1 aliphatic rings. The van der Waals surface area contributed by atoms with E-state index in [1.165, 1.54) is 5.56 Å². The molecule has 0 spiro atoms. The summed E-state index contributed by atoms with van der Waals surface area (Å²) in [7, 11) is 1.70. The van der Waals surface area contributed by atoms with Gasteiger partial charge in [0, 0.05) is 37.3 Å². The van der Waals surface area contributed by atoms with E-state index in [2.05, 4.69) is 16.3 Å². The molecule has 1 unspecified atom stereocenters. The van der Waals surface area contributed by atoms with Crippen molar-refractivity contribution in [3.63, 3.8) is 0 Å². The van der Waals surface area contributed by atoms with Crippen molar-refractivity contribution in [3.05, 3.63) is 65.2 Å². The normalized spacial score (nSPS) is 17.6. The van der Waals surface area contributed by atoms with Gasteiger partial charge in [0.05, 0.1) is 13.2 Å². The minimum Gasteiger partial charge on any atom is -0.496 e. The van der Waals surface area contributed by atoms with E-state index in [1.807, 2.05) is 36.4 Å². The molecular formula is C19H24ClN3O2. The van der Waals surface area contributed by atoms with Gasteiger partial charge in [-0.25, -0.2) is 0 Å². The Kier molecular flexibility index (Phi) is 6.82. The van der Waals surface area contributed by atoms with Crippen LogP contribution in [0.15, 0.2) is 48.5 Å². The lowest BCUT2D eigenvalue weighted by atomic mass is 10.0. The molecule has 25 heavy (non-hydrogen) atoms. The number of methoxy groups -OCH3 is 1. The first-order valence-electron chi connectivity index (χ1n) is 8.15. The molecule has 6 heteroatoms. The second-order valence-electron chi connectivity index (χ2n) is 6.00. The maximum atomic E-state index is 11.4. The van der Waals surface area contributed by atoms with Gasteiger partial charge in [0.25, 0.3) is 0 Å². The van der Waals surface area contributed by atoms with Crippen molar-refractivity contribution in [1.29, 1.82) is 0 Å². The van der Waals surface area contributed by atoms with Crippen molar-refractivity contribution in [3.8, 4) is 5.75 Å². The molecule has 134 valence electrons. The number of para-hydroxylation sites is 1. The van der Waals surface area contributed by atoms with Crippen molar-refractivity contribution < 1.29 is 9.53 Å². The lowest BCUT2D eigenvalue weighted by Crippen LogP contribution is -2.45. The number of ether oxygens (including phenoxy) is 1. The molecule has 1 amide bonds. The van der Waals surface area contributed by atoms with Gasteiger partial charge in [-0.15, -0.1) is 12.4 Å². The van der Waals surface area contributed by atoms with Crippen LogP contribution in [0.1, 0.15) is 27.5 Å². The number of halogens is 1. The maximum Gasteiger partial charge on any atom is 0.248 e. The van der Waals surface area contributed by atoms with E-state index >= 15 is 0 Å². The highest BCUT2D eigenvalue weighted by Gasteiger charge is 2.26. The van der Waals surface area contributed by atoms with Crippen molar-refractivity contribution in [2.75, 3.05) is 26.7 Å². The van der Waals surface area contributed by atoms with E-state index in [-0.39, 0.29) is 18.4 Å². The molecular weight excluding hydrogens is 338 g/mol. The number of piperazine rings is 1. The van der Waals surface area contributed by atoms with Gasteiger partial charge in [-0.05, 0) is 23.8 Å². The molecule has 0 aliphatic carbocycles. The van der Waals surface area contributed by atoms with Crippen LogP contribution >= 0.6 is 12.4 Å². The average Bonchev–Trinajstić information content (AvgIpc) is 2.62. The molecule has 2 aromatic rings. The molecule has 1 atom stereocenters. The Balaban J connectivity index is 0.00000225. The van der Waals surface area contributed by atoms with Crippen LogP contribution in [0.3, 0.4) is 0 Å². The molecule has 3 N–H and O–H groups in total. The summed E-state index contributed by atoms with van der Waals surface area (Å²) in [6, 6.07) is 15.9.